The predicted octanol–water partition coefficient (Wildman–Crippen LogP) is 1.27. The average molecular weight is 189 g/mol. The quantitative estimate of drug-likeness (QED) is 0.657. The number of hydrogen-bond donors (Lipinski definition) is 0. The highest BCUT2D eigenvalue weighted by atomic mass is 35.5. The molecule has 0 aromatic carbocycles. The molecule has 0 amide bonds. The van der Waals surface area contributed by atoms with Gasteiger partial charge in [0, 0.05) is 6.20 Å². The van der Waals surface area contributed by atoms with Crippen molar-refractivity contribution in [2.75, 3.05) is 7.11 Å². The lowest BCUT2D eigenvalue weighted by Gasteiger charge is -2.08. The Hall–Kier alpha value is -1.03. The van der Waals surface area contributed by atoms with Crippen LogP contribution in [0.5, 0.6) is 0 Å². The summed E-state index contributed by atoms with van der Waals surface area (Å²) in [5.74, 6) is -0.338. The van der Waals surface area contributed by atoms with Crippen molar-refractivity contribution in [1.82, 2.24) is 9.78 Å². The maximum Gasteiger partial charge on any atom is 0.330 e. The Morgan fingerprint density at radius 2 is 2.50 bits per heavy atom. The Morgan fingerprint density at radius 1 is 1.83 bits per heavy atom. The van der Waals surface area contributed by atoms with Crippen LogP contribution in [0.2, 0.25) is 5.02 Å². The largest absolute Gasteiger partial charge is 0.467 e. The van der Waals surface area contributed by atoms with E-state index in [9.17, 15) is 4.79 Å². The number of esters is 1. The standard InChI is InChI=1S/C7H9ClN2O2/c1-5(7(11)12-2)10-4-6(8)3-9-10/h3-5H,1-2H3/t5-/m0/s1. The molecular weight excluding hydrogens is 180 g/mol. The van der Waals surface area contributed by atoms with E-state index in [2.05, 4.69) is 9.84 Å². The summed E-state index contributed by atoms with van der Waals surface area (Å²) in [6.45, 7) is 1.69. The van der Waals surface area contributed by atoms with Gasteiger partial charge in [0.2, 0.25) is 0 Å². The summed E-state index contributed by atoms with van der Waals surface area (Å²) in [5.41, 5.74) is 0. The molecule has 0 saturated heterocycles. The first-order chi connectivity index (χ1) is 5.65. The predicted molar refractivity (Wildman–Crippen MR) is 44.0 cm³/mol. The minimum atomic E-state index is -0.428. The van der Waals surface area contributed by atoms with Crippen molar-refractivity contribution in [1.29, 1.82) is 0 Å². The molecule has 1 atom stereocenters. The van der Waals surface area contributed by atoms with Crippen molar-refractivity contribution in [2.24, 2.45) is 0 Å². The maximum absolute atomic E-state index is 11.0. The number of nitrogens with zero attached hydrogens (tertiary/aromatic N) is 2. The highest BCUT2D eigenvalue weighted by molar-refractivity contribution is 6.30. The zero-order valence-electron chi connectivity index (χ0n) is 6.82. The van der Waals surface area contributed by atoms with Crippen LogP contribution in [0.4, 0.5) is 0 Å². The second kappa shape index (κ2) is 3.58. The van der Waals surface area contributed by atoms with Crippen molar-refractivity contribution in [2.45, 2.75) is 13.0 Å². The monoisotopic (exact) mass is 188 g/mol. The van der Waals surface area contributed by atoms with E-state index < -0.39 is 6.04 Å². The van der Waals surface area contributed by atoms with E-state index in [0.29, 0.717) is 5.02 Å². The molecule has 1 rings (SSSR count). The summed E-state index contributed by atoms with van der Waals surface area (Å²) in [4.78, 5) is 11.0. The lowest BCUT2D eigenvalue weighted by molar-refractivity contribution is -0.144. The summed E-state index contributed by atoms with van der Waals surface area (Å²) < 4.78 is 5.99. The van der Waals surface area contributed by atoms with Crippen LogP contribution >= 0.6 is 11.6 Å². The van der Waals surface area contributed by atoms with Crippen LogP contribution in [0.15, 0.2) is 12.4 Å². The molecule has 0 N–H and O–H groups in total. The van der Waals surface area contributed by atoms with E-state index in [1.165, 1.54) is 18.0 Å². The molecule has 4 nitrogen and oxygen atoms in total. The van der Waals surface area contributed by atoms with Gasteiger partial charge >= 0.3 is 5.97 Å². The second-order valence-electron chi connectivity index (χ2n) is 2.34. The van der Waals surface area contributed by atoms with Gasteiger partial charge in [-0.05, 0) is 6.92 Å². The van der Waals surface area contributed by atoms with Crippen LogP contribution in [0.3, 0.4) is 0 Å². The van der Waals surface area contributed by atoms with E-state index in [1.54, 1.807) is 13.1 Å². The second-order valence-corrected chi connectivity index (χ2v) is 2.77. The number of halogens is 1. The summed E-state index contributed by atoms with van der Waals surface area (Å²) in [7, 11) is 1.34. The van der Waals surface area contributed by atoms with Crippen molar-refractivity contribution in [3.63, 3.8) is 0 Å². The summed E-state index contributed by atoms with van der Waals surface area (Å²) in [5, 5.41) is 4.37. The van der Waals surface area contributed by atoms with Gasteiger partial charge in [0.15, 0.2) is 0 Å². The van der Waals surface area contributed by atoms with Crippen LogP contribution in [-0.4, -0.2) is 22.9 Å². The van der Waals surface area contributed by atoms with E-state index in [0.717, 1.165) is 0 Å². The fourth-order valence-electron chi connectivity index (χ4n) is 0.805. The normalized spacial score (nSPS) is 12.6. The van der Waals surface area contributed by atoms with Gasteiger partial charge in [0.1, 0.15) is 6.04 Å². The molecule has 0 bridgehead atoms. The van der Waals surface area contributed by atoms with Gasteiger partial charge in [-0.2, -0.15) is 5.10 Å². The smallest absolute Gasteiger partial charge is 0.330 e. The summed E-state index contributed by atoms with van der Waals surface area (Å²) in [6, 6.07) is -0.428. The number of rotatable bonds is 2. The number of ether oxygens (including phenoxy) is 1. The number of hydrogen-bond acceptors (Lipinski definition) is 3. The lowest BCUT2D eigenvalue weighted by Crippen LogP contribution is -2.17. The van der Waals surface area contributed by atoms with Crippen molar-refractivity contribution >= 4 is 17.6 Å². The van der Waals surface area contributed by atoms with Crippen LogP contribution < -0.4 is 0 Å². The van der Waals surface area contributed by atoms with E-state index in [4.69, 9.17) is 11.6 Å². The highest BCUT2D eigenvalue weighted by Crippen LogP contribution is 2.11. The molecule has 5 heteroatoms. The van der Waals surface area contributed by atoms with Gasteiger partial charge in [-0.15, -0.1) is 0 Å². The first-order valence-corrected chi connectivity index (χ1v) is 3.80. The molecule has 1 aromatic rings. The number of carbonyl (C=O) groups is 1. The first-order valence-electron chi connectivity index (χ1n) is 3.42. The van der Waals surface area contributed by atoms with Crippen LogP contribution in [0, 0.1) is 0 Å². The van der Waals surface area contributed by atoms with E-state index in [-0.39, 0.29) is 5.97 Å². The molecule has 0 saturated carbocycles. The molecule has 0 radical (unpaired) electrons. The molecule has 1 aromatic heterocycles. The minimum absolute atomic E-state index is 0.338. The van der Waals surface area contributed by atoms with Gasteiger partial charge in [0.05, 0.1) is 18.3 Å². The maximum atomic E-state index is 11.0. The van der Waals surface area contributed by atoms with Gasteiger partial charge in [-0.3, -0.25) is 4.68 Å². The van der Waals surface area contributed by atoms with Crippen molar-refractivity contribution in [3.8, 4) is 0 Å². The summed E-state index contributed by atoms with van der Waals surface area (Å²) >= 11 is 5.62. The molecule has 0 fully saturated rings. The molecule has 0 aliphatic heterocycles. The fourth-order valence-corrected chi connectivity index (χ4v) is 0.949. The van der Waals surface area contributed by atoms with Gasteiger partial charge in [-0.25, -0.2) is 4.79 Å². The molecular formula is C7H9ClN2O2. The Bertz CT molecular complexity index is 285. The zero-order chi connectivity index (χ0) is 9.14. The zero-order valence-corrected chi connectivity index (χ0v) is 7.58. The van der Waals surface area contributed by atoms with Crippen LogP contribution in [0.1, 0.15) is 13.0 Å². The van der Waals surface area contributed by atoms with Gasteiger partial charge in [-0.1, -0.05) is 11.6 Å². The third-order valence-electron chi connectivity index (χ3n) is 1.51. The molecule has 0 spiro atoms. The fraction of sp³-hybridized carbons (Fsp3) is 0.429. The van der Waals surface area contributed by atoms with Gasteiger partial charge < -0.3 is 4.74 Å². The lowest BCUT2D eigenvalue weighted by atomic mass is 10.3. The van der Waals surface area contributed by atoms with Crippen LogP contribution in [-0.2, 0) is 9.53 Å². The Kier molecular flexibility index (Phi) is 2.70. The van der Waals surface area contributed by atoms with Crippen molar-refractivity contribution in [3.05, 3.63) is 17.4 Å². The van der Waals surface area contributed by atoms with Crippen molar-refractivity contribution < 1.29 is 9.53 Å². The number of aromatic nitrogens is 2. The molecule has 0 aliphatic rings. The Morgan fingerprint density at radius 3 is 2.92 bits per heavy atom. The third kappa shape index (κ3) is 1.76. The first kappa shape index (κ1) is 9.06. The van der Waals surface area contributed by atoms with E-state index in [1.807, 2.05) is 0 Å². The van der Waals surface area contributed by atoms with Crippen LogP contribution in [0.25, 0.3) is 0 Å². The molecule has 66 valence electrons. The molecule has 0 unspecified atom stereocenters. The topological polar surface area (TPSA) is 44.1 Å². The summed E-state index contributed by atoms with van der Waals surface area (Å²) in [6.07, 6.45) is 3.05. The van der Waals surface area contributed by atoms with Gasteiger partial charge in [0.25, 0.3) is 0 Å². The number of methoxy groups -OCH3 is 1. The molecule has 0 aliphatic carbocycles. The average Bonchev–Trinajstić information content (AvgIpc) is 2.49. The molecule has 12 heavy (non-hydrogen) atoms. The molecule has 1 heterocycles. The SMILES string of the molecule is COC(=O)[C@H](C)n1cc(Cl)cn1. The third-order valence-corrected chi connectivity index (χ3v) is 1.70. The Labute approximate surface area is 75.1 Å². The Balaban J connectivity index is 2.77. The minimum Gasteiger partial charge on any atom is -0.467 e. The highest BCUT2D eigenvalue weighted by Gasteiger charge is 2.15. The number of carbonyl (C=O) groups excluding carboxylic acids is 1. The van der Waals surface area contributed by atoms with E-state index >= 15 is 0 Å².